The zero-order chi connectivity index (χ0) is 14.6. The SMILES string of the molecule is CC(C)[Si](SCc1ccc(Cl)cc1)(C(C)C)C(C)C. The number of halogens is 1. The Labute approximate surface area is 129 Å². The lowest BCUT2D eigenvalue weighted by Gasteiger charge is -2.42. The van der Waals surface area contributed by atoms with Crippen LogP contribution in [0.15, 0.2) is 24.3 Å². The Kier molecular flexibility index (Phi) is 6.48. The van der Waals surface area contributed by atoms with E-state index in [0.29, 0.717) is 0 Å². The second-order valence-electron chi connectivity index (χ2n) is 6.23. The topological polar surface area (TPSA) is 0 Å². The fourth-order valence-corrected chi connectivity index (χ4v) is 13.3. The van der Waals surface area contributed by atoms with E-state index in [9.17, 15) is 0 Å². The summed E-state index contributed by atoms with van der Waals surface area (Å²) in [4.78, 5) is 0. The lowest BCUT2D eigenvalue weighted by molar-refractivity contribution is 0.851. The van der Waals surface area contributed by atoms with Crippen LogP contribution in [0, 0.1) is 0 Å². The predicted molar refractivity (Wildman–Crippen MR) is 93.8 cm³/mol. The van der Waals surface area contributed by atoms with Gasteiger partial charge < -0.3 is 0 Å². The first-order valence-electron chi connectivity index (χ1n) is 7.19. The van der Waals surface area contributed by atoms with Gasteiger partial charge in [-0.2, -0.15) is 11.2 Å². The molecule has 0 saturated carbocycles. The molecule has 0 unspecified atom stereocenters. The first kappa shape index (κ1) is 17.1. The highest BCUT2D eigenvalue weighted by atomic mass is 35.5. The summed E-state index contributed by atoms with van der Waals surface area (Å²) >= 11 is 8.20. The van der Waals surface area contributed by atoms with Crippen molar-refractivity contribution in [2.24, 2.45) is 0 Å². The van der Waals surface area contributed by atoms with Crippen LogP contribution in [0.2, 0.25) is 21.6 Å². The summed E-state index contributed by atoms with van der Waals surface area (Å²) in [5, 5.41) is 0.828. The van der Waals surface area contributed by atoms with Crippen molar-refractivity contribution in [3.05, 3.63) is 34.9 Å². The minimum atomic E-state index is -1.34. The third kappa shape index (κ3) is 4.02. The Morgan fingerprint density at radius 2 is 1.32 bits per heavy atom. The van der Waals surface area contributed by atoms with Crippen molar-refractivity contribution >= 4 is 30.0 Å². The van der Waals surface area contributed by atoms with Gasteiger partial charge in [0.1, 0.15) is 7.22 Å². The third-order valence-electron chi connectivity index (χ3n) is 4.11. The van der Waals surface area contributed by atoms with Gasteiger partial charge in [0.2, 0.25) is 0 Å². The second-order valence-corrected chi connectivity index (χ2v) is 15.4. The number of benzene rings is 1. The molecule has 0 aliphatic carbocycles. The molecule has 3 heteroatoms. The van der Waals surface area contributed by atoms with E-state index in [-0.39, 0.29) is 0 Å². The molecule has 0 aliphatic heterocycles. The molecule has 1 aromatic carbocycles. The summed E-state index contributed by atoms with van der Waals surface area (Å²) in [6.45, 7) is 14.5. The zero-order valence-corrected chi connectivity index (χ0v) is 15.6. The molecule has 0 heterocycles. The molecule has 19 heavy (non-hydrogen) atoms. The molecule has 108 valence electrons. The van der Waals surface area contributed by atoms with Crippen LogP contribution in [0.1, 0.15) is 47.1 Å². The van der Waals surface area contributed by atoms with Gasteiger partial charge in [-0.15, -0.1) is 0 Å². The van der Waals surface area contributed by atoms with E-state index in [4.69, 9.17) is 11.6 Å². The van der Waals surface area contributed by atoms with E-state index in [2.05, 4.69) is 64.9 Å². The van der Waals surface area contributed by atoms with E-state index < -0.39 is 7.22 Å². The summed E-state index contributed by atoms with van der Waals surface area (Å²) in [6, 6.07) is 8.33. The lowest BCUT2D eigenvalue weighted by atomic mass is 10.2. The normalized spacial score (nSPS) is 12.7. The van der Waals surface area contributed by atoms with Gasteiger partial charge in [0.05, 0.1) is 0 Å². The molecule has 0 amide bonds. The molecule has 0 radical (unpaired) electrons. The molecule has 0 aromatic heterocycles. The molecule has 0 fully saturated rings. The molecule has 1 rings (SSSR count). The molecule has 0 N–H and O–H groups in total. The smallest absolute Gasteiger partial charge is 0.125 e. The van der Waals surface area contributed by atoms with Gasteiger partial charge in [-0.1, -0.05) is 65.3 Å². The highest BCUT2D eigenvalue weighted by Crippen LogP contribution is 2.50. The average Bonchev–Trinajstić information content (AvgIpc) is 2.30. The van der Waals surface area contributed by atoms with Crippen molar-refractivity contribution in [1.82, 2.24) is 0 Å². The van der Waals surface area contributed by atoms with Crippen molar-refractivity contribution in [1.29, 1.82) is 0 Å². The molecule has 0 aliphatic rings. The van der Waals surface area contributed by atoms with Crippen LogP contribution in [0.3, 0.4) is 0 Å². The standard InChI is InChI=1S/C16H27ClSSi/c1-12(2)19(13(3)4,14(5)6)18-11-15-7-9-16(17)10-8-15/h7-10,12-14H,11H2,1-6H3. The highest BCUT2D eigenvalue weighted by Gasteiger charge is 2.43. The first-order valence-corrected chi connectivity index (χ1v) is 11.5. The van der Waals surface area contributed by atoms with Crippen molar-refractivity contribution < 1.29 is 0 Å². The average molecular weight is 315 g/mol. The van der Waals surface area contributed by atoms with Gasteiger partial charge in [0, 0.05) is 10.8 Å². The van der Waals surface area contributed by atoms with Crippen molar-refractivity contribution in [3.8, 4) is 0 Å². The van der Waals surface area contributed by atoms with Gasteiger partial charge in [0.15, 0.2) is 0 Å². The van der Waals surface area contributed by atoms with Crippen molar-refractivity contribution in [2.75, 3.05) is 0 Å². The molecule has 0 bridgehead atoms. The summed E-state index contributed by atoms with van der Waals surface area (Å²) in [6.07, 6.45) is 0. The van der Waals surface area contributed by atoms with Crippen LogP contribution < -0.4 is 0 Å². The number of hydrogen-bond donors (Lipinski definition) is 0. The van der Waals surface area contributed by atoms with Crippen molar-refractivity contribution in [2.45, 2.75) is 63.9 Å². The minimum Gasteiger partial charge on any atom is -0.180 e. The largest absolute Gasteiger partial charge is 0.180 e. The highest BCUT2D eigenvalue weighted by molar-refractivity contribution is 8.28. The fraction of sp³-hybridized carbons (Fsp3) is 0.625. The first-order chi connectivity index (χ1) is 8.80. The number of rotatable bonds is 6. The minimum absolute atomic E-state index is 0.810. The van der Waals surface area contributed by atoms with Crippen LogP contribution >= 0.6 is 22.8 Å². The molecule has 0 saturated heterocycles. The molecule has 0 spiro atoms. The van der Waals surface area contributed by atoms with Gasteiger partial charge >= 0.3 is 0 Å². The van der Waals surface area contributed by atoms with E-state index in [0.717, 1.165) is 27.4 Å². The Bertz CT molecular complexity index is 362. The maximum absolute atomic E-state index is 5.95. The Morgan fingerprint density at radius 3 is 1.68 bits per heavy atom. The predicted octanol–water partition coefficient (Wildman–Crippen LogP) is 6.75. The van der Waals surface area contributed by atoms with E-state index in [1.165, 1.54) is 5.56 Å². The van der Waals surface area contributed by atoms with Crippen LogP contribution in [0.5, 0.6) is 0 Å². The monoisotopic (exact) mass is 314 g/mol. The van der Waals surface area contributed by atoms with Gasteiger partial charge in [-0.25, -0.2) is 0 Å². The molecule has 0 atom stereocenters. The van der Waals surface area contributed by atoms with E-state index in [1.54, 1.807) is 0 Å². The van der Waals surface area contributed by atoms with Crippen LogP contribution in [0.4, 0.5) is 0 Å². The van der Waals surface area contributed by atoms with E-state index in [1.807, 2.05) is 12.1 Å². The summed E-state index contributed by atoms with van der Waals surface area (Å²) in [5.41, 5.74) is 3.83. The molecular formula is C16H27ClSSi. The molecule has 1 aromatic rings. The van der Waals surface area contributed by atoms with Gasteiger partial charge in [0.25, 0.3) is 0 Å². The third-order valence-corrected chi connectivity index (χ3v) is 16.9. The second kappa shape index (κ2) is 7.19. The lowest BCUT2D eigenvalue weighted by Crippen LogP contribution is -2.41. The quantitative estimate of drug-likeness (QED) is 0.523. The van der Waals surface area contributed by atoms with Crippen LogP contribution in [-0.4, -0.2) is 7.22 Å². The summed E-state index contributed by atoms with van der Waals surface area (Å²) in [5.74, 6) is 1.12. The zero-order valence-electron chi connectivity index (χ0n) is 13.0. The Balaban J connectivity index is 2.87. The van der Waals surface area contributed by atoms with Gasteiger partial charge in [-0.05, 0) is 34.3 Å². The maximum Gasteiger partial charge on any atom is 0.125 e. The van der Waals surface area contributed by atoms with Crippen LogP contribution in [0.25, 0.3) is 0 Å². The van der Waals surface area contributed by atoms with E-state index >= 15 is 0 Å². The summed E-state index contributed by atoms with van der Waals surface area (Å²) < 4.78 is 0. The van der Waals surface area contributed by atoms with Gasteiger partial charge in [-0.3, -0.25) is 0 Å². The van der Waals surface area contributed by atoms with Crippen LogP contribution in [-0.2, 0) is 5.75 Å². The number of hydrogen-bond acceptors (Lipinski definition) is 1. The molecular weight excluding hydrogens is 288 g/mol. The van der Waals surface area contributed by atoms with Crippen molar-refractivity contribution in [3.63, 3.8) is 0 Å². The maximum atomic E-state index is 5.95. The fourth-order valence-electron chi connectivity index (χ4n) is 3.29. The molecule has 0 nitrogen and oxygen atoms in total. The Hall–Kier alpha value is 0.0769. The summed E-state index contributed by atoms with van der Waals surface area (Å²) in [7, 11) is -1.34. The Morgan fingerprint density at radius 1 is 0.895 bits per heavy atom.